The highest BCUT2D eigenvalue weighted by molar-refractivity contribution is 5.94. The second kappa shape index (κ2) is 8.71. The van der Waals surface area contributed by atoms with Crippen molar-refractivity contribution in [2.75, 3.05) is 43.5 Å². The molecule has 1 atom stereocenters. The zero-order valence-corrected chi connectivity index (χ0v) is 16.0. The summed E-state index contributed by atoms with van der Waals surface area (Å²) in [4.78, 5) is 27.2. The third-order valence-electron chi connectivity index (χ3n) is 5.01. The van der Waals surface area contributed by atoms with Gasteiger partial charge in [-0.2, -0.15) is 0 Å². The van der Waals surface area contributed by atoms with E-state index >= 15 is 0 Å². The smallest absolute Gasteiger partial charge is 0.269 e. The Hall–Kier alpha value is -3.13. The summed E-state index contributed by atoms with van der Waals surface area (Å²) >= 11 is 0. The van der Waals surface area contributed by atoms with Crippen molar-refractivity contribution in [3.63, 3.8) is 0 Å². The molecule has 3 rings (SSSR count). The lowest BCUT2D eigenvalue weighted by Gasteiger charge is -2.38. The molecule has 2 aromatic carbocycles. The minimum atomic E-state index is -0.463. The summed E-state index contributed by atoms with van der Waals surface area (Å²) in [5.74, 6) is 0.722. The first-order chi connectivity index (χ1) is 13.5. The van der Waals surface area contributed by atoms with Gasteiger partial charge in [0.05, 0.1) is 23.8 Å². The monoisotopic (exact) mass is 384 g/mol. The Kier molecular flexibility index (Phi) is 6.10. The molecular weight excluding hydrogens is 360 g/mol. The van der Waals surface area contributed by atoms with Gasteiger partial charge < -0.3 is 15.0 Å². The zero-order valence-electron chi connectivity index (χ0n) is 16.0. The Labute approximate surface area is 163 Å². The highest BCUT2D eigenvalue weighted by Crippen LogP contribution is 2.28. The number of para-hydroxylation sites is 2. The molecule has 0 aliphatic carbocycles. The van der Waals surface area contributed by atoms with Crippen LogP contribution in [0, 0.1) is 10.1 Å². The molecule has 1 unspecified atom stereocenters. The number of piperazine rings is 1. The molecule has 1 saturated heterocycles. The van der Waals surface area contributed by atoms with Gasteiger partial charge in [-0.1, -0.05) is 12.1 Å². The van der Waals surface area contributed by atoms with Crippen LogP contribution in [0.2, 0.25) is 0 Å². The lowest BCUT2D eigenvalue weighted by molar-refractivity contribution is -0.384. The zero-order chi connectivity index (χ0) is 20.1. The Morgan fingerprint density at radius 2 is 1.75 bits per heavy atom. The van der Waals surface area contributed by atoms with Gasteiger partial charge in [0.15, 0.2) is 0 Å². The van der Waals surface area contributed by atoms with Crippen molar-refractivity contribution in [3.05, 3.63) is 58.6 Å². The molecule has 0 aromatic heterocycles. The number of nitrogens with one attached hydrogen (secondary N) is 1. The normalized spacial score (nSPS) is 15.7. The van der Waals surface area contributed by atoms with Gasteiger partial charge in [-0.25, -0.2) is 0 Å². The fourth-order valence-electron chi connectivity index (χ4n) is 3.32. The highest BCUT2D eigenvalue weighted by atomic mass is 16.6. The summed E-state index contributed by atoms with van der Waals surface area (Å²) < 4.78 is 5.44. The van der Waals surface area contributed by atoms with Crippen LogP contribution >= 0.6 is 0 Å². The molecule has 8 heteroatoms. The minimum Gasteiger partial charge on any atom is -0.495 e. The predicted molar refractivity (Wildman–Crippen MR) is 108 cm³/mol. The molecule has 0 spiro atoms. The van der Waals surface area contributed by atoms with E-state index in [1.54, 1.807) is 19.2 Å². The van der Waals surface area contributed by atoms with Gasteiger partial charge in [0.1, 0.15) is 5.75 Å². The molecule has 0 saturated carbocycles. The van der Waals surface area contributed by atoms with E-state index in [0.29, 0.717) is 5.69 Å². The first-order valence-electron chi connectivity index (χ1n) is 9.17. The van der Waals surface area contributed by atoms with E-state index in [2.05, 4.69) is 15.1 Å². The number of hydrogen-bond donors (Lipinski definition) is 1. The summed E-state index contributed by atoms with van der Waals surface area (Å²) in [5.41, 5.74) is 1.61. The molecule has 2 aromatic rings. The number of nitrogens with zero attached hydrogens (tertiary/aromatic N) is 3. The molecule has 1 N–H and O–H groups in total. The van der Waals surface area contributed by atoms with E-state index in [4.69, 9.17) is 4.74 Å². The van der Waals surface area contributed by atoms with Crippen LogP contribution in [-0.2, 0) is 4.79 Å². The van der Waals surface area contributed by atoms with E-state index in [1.807, 2.05) is 31.2 Å². The largest absolute Gasteiger partial charge is 0.495 e. The van der Waals surface area contributed by atoms with Crippen molar-refractivity contribution < 1.29 is 14.5 Å². The molecule has 8 nitrogen and oxygen atoms in total. The van der Waals surface area contributed by atoms with Crippen molar-refractivity contribution in [1.82, 2.24) is 4.90 Å². The standard InChI is InChI=1S/C20H24N4O4/c1-15(20(25)21-16-7-9-17(10-8-16)24(26)27)22-11-13-23(14-12-22)18-5-3-4-6-19(18)28-2/h3-10,15H,11-14H2,1-2H3,(H,21,25). The van der Waals surface area contributed by atoms with E-state index in [1.165, 1.54) is 12.1 Å². The Balaban J connectivity index is 1.56. The number of carbonyl (C=O) groups excluding carboxylic acids is 1. The molecule has 1 aliphatic heterocycles. The molecule has 1 aliphatic rings. The van der Waals surface area contributed by atoms with Gasteiger partial charge in [-0.05, 0) is 31.2 Å². The average molecular weight is 384 g/mol. The summed E-state index contributed by atoms with van der Waals surface area (Å²) in [5, 5.41) is 13.5. The number of amides is 1. The Morgan fingerprint density at radius 1 is 1.11 bits per heavy atom. The van der Waals surface area contributed by atoms with Gasteiger partial charge in [-0.3, -0.25) is 19.8 Å². The van der Waals surface area contributed by atoms with Gasteiger partial charge >= 0.3 is 0 Å². The quantitative estimate of drug-likeness (QED) is 0.609. The Bertz CT molecular complexity index is 832. The van der Waals surface area contributed by atoms with Crippen molar-refractivity contribution in [2.45, 2.75) is 13.0 Å². The summed E-state index contributed by atoms with van der Waals surface area (Å²) in [6.07, 6.45) is 0. The average Bonchev–Trinajstić information content (AvgIpc) is 2.73. The number of ether oxygens (including phenoxy) is 1. The molecule has 1 fully saturated rings. The van der Waals surface area contributed by atoms with E-state index in [0.717, 1.165) is 37.6 Å². The number of nitro benzene ring substituents is 1. The van der Waals surface area contributed by atoms with E-state index in [-0.39, 0.29) is 17.6 Å². The number of carbonyl (C=O) groups is 1. The van der Waals surface area contributed by atoms with Crippen LogP contribution in [0.1, 0.15) is 6.92 Å². The molecule has 1 heterocycles. The first-order valence-corrected chi connectivity index (χ1v) is 9.17. The van der Waals surface area contributed by atoms with Crippen molar-refractivity contribution >= 4 is 23.0 Å². The lowest BCUT2D eigenvalue weighted by atomic mass is 10.2. The Morgan fingerprint density at radius 3 is 2.36 bits per heavy atom. The summed E-state index contributed by atoms with van der Waals surface area (Å²) in [7, 11) is 1.67. The fourth-order valence-corrected chi connectivity index (χ4v) is 3.32. The van der Waals surface area contributed by atoms with Crippen LogP contribution in [0.15, 0.2) is 48.5 Å². The van der Waals surface area contributed by atoms with Crippen LogP contribution in [-0.4, -0.2) is 55.1 Å². The van der Waals surface area contributed by atoms with Gasteiger partial charge in [0.25, 0.3) is 5.69 Å². The number of non-ortho nitro benzene ring substituents is 1. The second-order valence-corrected chi connectivity index (χ2v) is 6.66. The van der Waals surface area contributed by atoms with Crippen molar-refractivity contribution in [3.8, 4) is 5.75 Å². The third kappa shape index (κ3) is 4.40. The predicted octanol–water partition coefficient (Wildman–Crippen LogP) is 2.75. The maximum atomic E-state index is 12.6. The lowest BCUT2D eigenvalue weighted by Crippen LogP contribution is -2.52. The highest BCUT2D eigenvalue weighted by Gasteiger charge is 2.26. The van der Waals surface area contributed by atoms with Crippen LogP contribution in [0.4, 0.5) is 17.1 Å². The number of anilines is 2. The van der Waals surface area contributed by atoms with Gasteiger partial charge in [0, 0.05) is 44.0 Å². The van der Waals surface area contributed by atoms with Crippen molar-refractivity contribution in [1.29, 1.82) is 0 Å². The summed E-state index contributed by atoms with van der Waals surface area (Å²) in [6, 6.07) is 13.5. The van der Waals surface area contributed by atoms with Crippen molar-refractivity contribution in [2.24, 2.45) is 0 Å². The minimum absolute atomic E-state index is 0.00138. The number of hydrogen-bond acceptors (Lipinski definition) is 6. The van der Waals surface area contributed by atoms with Crippen LogP contribution in [0.25, 0.3) is 0 Å². The van der Waals surface area contributed by atoms with Crippen LogP contribution in [0.3, 0.4) is 0 Å². The maximum absolute atomic E-state index is 12.6. The molecule has 0 bridgehead atoms. The topological polar surface area (TPSA) is 88.0 Å². The van der Waals surface area contributed by atoms with Crippen LogP contribution < -0.4 is 15.0 Å². The van der Waals surface area contributed by atoms with E-state index < -0.39 is 4.92 Å². The number of nitro groups is 1. The second-order valence-electron chi connectivity index (χ2n) is 6.66. The molecular formula is C20H24N4O4. The maximum Gasteiger partial charge on any atom is 0.269 e. The number of benzene rings is 2. The van der Waals surface area contributed by atoms with E-state index in [9.17, 15) is 14.9 Å². The third-order valence-corrected chi connectivity index (χ3v) is 5.01. The fraction of sp³-hybridized carbons (Fsp3) is 0.350. The molecule has 148 valence electrons. The molecule has 28 heavy (non-hydrogen) atoms. The molecule has 0 radical (unpaired) electrons. The number of rotatable bonds is 6. The molecule has 1 amide bonds. The number of methoxy groups -OCH3 is 1. The SMILES string of the molecule is COc1ccccc1N1CCN(C(C)C(=O)Nc2ccc([N+](=O)[O-])cc2)CC1. The first kappa shape index (κ1) is 19.6. The summed E-state index contributed by atoms with van der Waals surface area (Å²) in [6.45, 7) is 4.99. The van der Waals surface area contributed by atoms with Gasteiger partial charge in [-0.15, -0.1) is 0 Å². The van der Waals surface area contributed by atoms with Crippen LogP contribution in [0.5, 0.6) is 5.75 Å². The van der Waals surface area contributed by atoms with Gasteiger partial charge in [0.2, 0.25) is 5.91 Å².